The van der Waals surface area contributed by atoms with Gasteiger partial charge in [0.1, 0.15) is 28.2 Å². The molecule has 1 aromatic carbocycles. The van der Waals surface area contributed by atoms with E-state index in [1.807, 2.05) is 6.92 Å². The monoisotopic (exact) mass is 606 g/mol. The van der Waals surface area contributed by atoms with Crippen LogP contribution in [0.5, 0.6) is 11.5 Å². The first-order chi connectivity index (χ1) is 20.7. The number of ether oxygens (including phenoxy) is 2. The van der Waals surface area contributed by atoms with Crippen LogP contribution >= 0.6 is 11.6 Å². The molecular formula is C30H35ClN8O4. The number of nitrogen functional groups attached to an aromatic ring is 1. The van der Waals surface area contributed by atoms with Crippen LogP contribution in [0.4, 0.5) is 28.1 Å². The number of carbonyl (C=O) groups is 2. The molecule has 0 radical (unpaired) electrons. The number of amides is 3. The van der Waals surface area contributed by atoms with E-state index in [0.29, 0.717) is 45.9 Å². The third kappa shape index (κ3) is 6.14. The average molecular weight is 607 g/mol. The van der Waals surface area contributed by atoms with E-state index in [0.717, 1.165) is 31.2 Å². The summed E-state index contributed by atoms with van der Waals surface area (Å²) >= 11 is 6.80. The Kier molecular flexibility index (Phi) is 8.86. The van der Waals surface area contributed by atoms with Gasteiger partial charge in [-0.2, -0.15) is 4.98 Å². The highest BCUT2D eigenvalue weighted by atomic mass is 35.5. The Morgan fingerprint density at radius 1 is 1.19 bits per heavy atom. The molecule has 0 saturated heterocycles. The van der Waals surface area contributed by atoms with Gasteiger partial charge in [0.15, 0.2) is 0 Å². The fourth-order valence-electron chi connectivity index (χ4n) is 5.63. The molecule has 2 aromatic heterocycles. The number of aromatic nitrogens is 3. The maximum absolute atomic E-state index is 14.3. The molecule has 3 aromatic rings. The van der Waals surface area contributed by atoms with Gasteiger partial charge in [0.2, 0.25) is 11.9 Å². The summed E-state index contributed by atoms with van der Waals surface area (Å²) in [6, 6.07) is 4.68. The van der Waals surface area contributed by atoms with Crippen LogP contribution in [0, 0.1) is 6.92 Å². The summed E-state index contributed by atoms with van der Waals surface area (Å²) in [5.74, 6) is 1.85. The lowest BCUT2D eigenvalue weighted by molar-refractivity contribution is -0.117. The first-order valence-corrected chi connectivity index (χ1v) is 14.4. The number of nitrogens with one attached hydrogen (secondary N) is 2. The number of carbonyl (C=O) groups excluding carboxylic acids is 2. The van der Waals surface area contributed by atoms with Crippen molar-refractivity contribution in [2.24, 2.45) is 0 Å². The number of rotatable bonds is 9. The van der Waals surface area contributed by atoms with Crippen LogP contribution in [0.3, 0.4) is 0 Å². The van der Waals surface area contributed by atoms with Gasteiger partial charge in [-0.1, -0.05) is 31.0 Å². The molecule has 1 aliphatic carbocycles. The number of benzene rings is 1. The molecule has 0 spiro atoms. The molecule has 2 atom stereocenters. The third-order valence-electron chi connectivity index (χ3n) is 7.79. The SMILES string of the molecule is C=CC(=O)NC1CCCCC1Nc1ncc2c(n1)N(Cc1ccnc(N)c1)C(=O)N(c1c(C)c(OC)cc(OC)c1Cl)C2. The van der Waals surface area contributed by atoms with Crippen LogP contribution in [0.2, 0.25) is 5.02 Å². The third-order valence-corrected chi connectivity index (χ3v) is 8.15. The highest BCUT2D eigenvalue weighted by Gasteiger charge is 2.37. The second-order valence-electron chi connectivity index (χ2n) is 10.5. The van der Waals surface area contributed by atoms with Crippen LogP contribution < -0.4 is 35.6 Å². The number of hydrogen-bond donors (Lipinski definition) is 3. The molecule has 0 bridgehead atoms. The summed E-state index contributed by atoms with van der Waals surface area (Å²) in [5.41, 5.74) is 8.60. The molecule has 5 rings (SSSR count). The predicted octanol–water partition coefficient (Wildman–Crippen LogP) is 4.60. The molecule has 2 aliphatic rings. The molecule has 13 heteroatoms. The van der Waals surface area contributed by atoms with Gasteiger partial charge in [-0.05, 0) is 43.5 Å². The first-order valence-electron chi connectivity index (χ1n) is 14.0. The Morgan fingerprint density at radius 3 is 2.63 bits per heavy atom. The summed E-state index contributed by atoms with van der Waals surface area (Å²) in [6.07, 6.45) is 8.26. The lowest BCUT2D eigenvalue weighted by Gasteiger charge is -2.38. The molecule has 226 valence electrons. The molecule has 1 aliphatic heterocycles. The number of urea groups is 1. The van der Waals surface area contributed by atoms with Gasteiger partial charge in [0.25, 0.3) is 0 Å². The number of hydrogen-bond acceptors (Lipinski definition) is 9. The number of fused-ring (bicyclic) bond motifs is 1. The topological polar surface area (TPSA) is 148 Å². The predicted molar refractivity (Wildman–Crippen MR) is 166 cm³/mol. The van der Waals surface area contributed by atoms with Crippen molar-refractivity contribution < 1.29 is 19.1 Å². The van der Waals surface area contributed by atoms with Crippen molar-refractivity contribution in [3.05, 3.63) is 65.0 Å². The molecule has 4 N–H and O–H groups in total. The van der Waals surface area contributed by atoms with Gasteiger partial charge >= 0.3 is 6.03 Å². The number of halogens is 1. The zero-order valence-corrected chi connectivity index (χ0v) is 25.1. The number of nitrogens with zero attached hydrogens (tertiary/aromatic N) is 5. The molecular weight excluding hydrogens is 572 g/mol. The van der Waals surface area contributed by atoms with Crippen molar-refractivity contribution in [2.75, 3.05) is 35.1 Å². The Balaban J connectivity index is 1.55. The maximum atomic E-state index is 14.3. The van der Waals surface area contributed by atoms with E-state index in [2.05, 4.69) is 27.2 Å². The number of pyridine rings is 1. The summed E-state index contributed by atoms with van der Waals surface area (Å²) in [5, 5.41) is 6.70. The quantitative estimate of drug-likeness (QED) is 0.297. The highest BCUT2D eigenvalue weighted by Crippen LogP contribution is 2.45. The summed E-state index contributed by atoms with van der Waals surface area (Å²) in [4.78, 5) is 43.0. The smallest absolute Gasteiger partial charge is 0.330 e. The van der Waals surface area contributed by atoms with Gasteiger partial charge in [0.05, 0.1) is 33.0 Å². The van der Waals surface area contributed by atoms with E-state index in [4.69, 9.17) is 31.8 Å². The molecule has 3 amide bonds. The summed E-state index contributed by atoms with van der Waals surface area (Å²) in [6.45, 7) is 5.74. The minimum atomic E-state index is -0.346. The van der Waals surface area contributed by atoms with E-state index in [-0.39, 0.29) is 42.1 Å². The van der Waals surface area contributed by atoms with Crippen molar-refractivity contribution in [1.82, 2.24) is 20.3 Å². The van der Waals surface area contributed by atoms with Crippen molar-refractivity contribution in [2.45, 2.75) is 57.8 Å². The lowest BCUT2D eigenvalue weighted by Crippen LogP contribution is -2.49. The molecule has 1 fully saturated rings. The number of anilines is 4. The number of methoxy groups -OCH3 is 2. The molecule has 2 unspecified atom stereocenters. The van der Waals surface area contributed by atoms with Gasteiger partial charge in [-0.3, -0.25) is 14.6 Å². The first kappa shape index (κ1) is 29.9. The zero-order valence-electron chi connectivity index (χ0n) is 24.4. The van der Waals surface area contributed by atoms with E-state index in [1.165, 1.54) is 13.2 Å². The maximum Gasteiger partial charge on any atom is 0.330 e. The average Bonchev–Trinajstić information content (AvgIpc) is 3.00. The van der Waals surface area contributed by atoms with E-state index >= 15 is 0 Å². The Hall–Kier alpha value is -4.58. The lowest BCUT2D eigenvalue weighted by atomic mass is 9.90. The van der Waals surface area contributed by atoms with Crippen molar-refractivity contribution in [1.29, 1.82) is 0 Å². The standard InChI is InChI=1S/C30H35ClN8O4/c1-5-25(40)35-20-8-6-7-9-21(20)36-29-34-14-19-16-38(27-17(2)22(42-3)13-23(43-4)26(27)31)30(41)39(28(19)37-29)15-18-10-11-33-24(32)12-18/h5,10-14,20-21H,1,6-9,15-16H2,2-4H3,(H2,32,33)(H,35,40)(H,34,36,37). The molecule has 43 heavy (non-hydrogen) atoms. The Bertz CT molecular complexity index is 1520. The van der Waals surface area contributed by atoms with Gasteiger partial charge in [-0.25, -0.2) is 14.8 Å². The molecule has 12 nitrogen and oxygen atoms in total. The second-order valence-corrected chi connectivity index (χ2v) is 10.9. The largest absolute Gasteiger partial charge is 0.496 e. The molecule has 3 heterocycles. The zero-order chi connectivity index (χ0) is 30.7. The van der Waals surface area contributed by atoms with Crippen molar-refractivity contribution >= 4 is 46.8 Å². The summed E-state index contributed by atoms with van der Waals surface area (Å²) < 4.78 is 11.1. The van der Waals surface area contributed by atoms with Gasteiger partial charge < -0.3 is 25.8 Å². The van der Waals surface area contributed by atoms with Crippen LogP contribution in [0.25, 0.3) is 0 Å². The van der Waals surface area contributed by atoms with Crippen molar-refractivity contribution in [3.63, 3.8) is 0 Å². The Labute approximate surface area is 255 Å². The van der Waals surface area contributed by atoms with Crippen LogP contribution in [0.1, 0.15) is 42.4 Å². The minimum Gasteiger partial charge on any atom is -0.496 e. The highest BCUT2D eigenvalue weighted by molar-refractivity contribution is 6.36. The van der Waals surface area contributed by atoms with Gasteiger partial charge in [0, 0.05) is 41.7 Å². The van der Waals surface area contributed by atoms with Crippen LogP contribution in [0.15, 0.2) is 43.2 Å². The van der Waals surface area contributed by atoms with E-state index in [1.54, 1.807) is 47.5 Å². The Morgan fingerprint density at radius 2 is 1.93 bits per heavy atom. The normalized spacial score (nSPS) is 18.1. The van der Waals surface area contributed by atoms with Crippen LogP contribution in [-0.4, -0.2) is 53.2 Å². The minimum absolute atomic E-state index is 0.0781. The summed E-state index contributed by atoms with van der Waals surface area (Å²) in [7, 11) is 3.06. The van der Waals surface area contributed by atoms with E-state index in [9.17, 15) is 9.59 Å². The second kappa shape index (κ2) is 12.7. The van der Waals surface area contributed by atoms with Crippen molar-refractivity contribution in [3.8, 4) is 11.5 Å². The fraction of sp³-hybridized carbons (Fsp3) is 0.367. The molecule has 1 saturated carbocycles. The van der Waals surface area contributed by atoms with Crippen LogP contribution in [-0.2, 0) is 17.9 Å². The van der Waals surface area contributed by atoms with E-state index < -0.39 is 0 Å². The fourth-order valence-corrected chi connectivity index (χ4v) is 6.01. The number of nitrogens with two attached hydrogens (primary N) is 1. The van der Waals surface area contributed by atoms with Gasteiger partial charge in [-0.15, -0.1) is 0 Å².